The van der Waals surface area contributed by atoms with Crippen molar-refractivity contribution in [2.24, 2.45) is 0 Å². The maximum atomic E-state index is 10.9. The third kappa shape index (κ3) is 1.71. The van der Waals surface area contributed by atoms with Crippen molar-refractivity contribution in [2.75, 3.05) is 0 Å². The van der Waals surface area contributed by atoms with Gasteiger partial charge in [-0.15, -0.1) is 0 Å². The number of rotatable bonds is 2. The molecule has 0 aliphatic carbocycles. The number of aromatic hydroxyl groups is 1. The van der Waals surface area contributed by atoms with E-state index in [9.17, 15) is 9.90 Å². The molecule has 2 rings (SSSR count). The Morgan fingerprint density at radius 1 is 1.13 bits per heavy atom. The summed E-state index contributed by atoms with van der Waals surface area (Å²) >= 11 is 1.31. The number of phenolic OH excluding ortho intramolecular Hbond substituents is 1. The number of hydrogen-bond donors (Lipinski definition) is 2. The molecule has 0 bridgehead atoms. The van der Waals surface area contributed by atoms with Crippen molar-refractivity contribution in [1.29, 1.82) is 0 Å². The second-order valence-electron chi connectivity index (χ2n) is 3.02. The Kier molecular flexibility index (Phi) is 2.43. The number of carbonyl (C=O) groups is 1. The molecule has 0 radical (unpaired) electrons. The first-order valence-corrected chi connectivity index (χ1v) is 5.22. The Labute approximate surface area is 90.2 Å². The summed E-state index contributed by atoms with van der Waals surface area (Å²) in [6, 6.07) is 6.70. The number of phenols is 1. The summed E-state index contributed by atoms with van der Waals surface area (Å²) in [5.41, 5.74) is 1.34. The third-order valence-corrected chi connectivity index (χ3v) is 2.83. The van der Waals surface area contributed by atoms with E-state index in [2.05, 4.69) is 0 Å². The van der Waals surface area contributed by atoms with Gasteiger partial charge in [0.1, 0.15) is 5.75 Å². The van der Waals surface area contributed by atoms with Gasteiger partial charge in [-0.3, -0.25) is 0 Å². The number of carboxylic acids is 1. The second-order valence-corrected chi connectivity index (χ2v) is 3.77. The molecule has 1 aromatic heterocycles. The normalized spacial score (nSPS) is 10.1. The molecule has 1 aromatic carbocycles. The summed E-state index contributed by atoms with van der Waals surface area (Å²) in [7, 11) is 0. The number of para-hydroxylation sites is 1. The Morgan fingerprint density at radius 3 is 2.53 bits per heavy atom. The van der Waals surface area contributed by atoms with E-state index in [1.54, 1.807) is 35.0 Å². The fourth-order valence-corrected chi connectivity index (χ4v) is 2.19. The SMILES string of the molecule is O=C(O)c1cscc1-c1ccccc1O. The van der Waals surface area contributed by atoms with Crippen molar-refractivity contribution < 1.29 is 15.0 Å². The van der Waals surface area contributed by atoms with Crippen LogP contribution in [-0.2, 0) is 0 Å². The molecule has 3 nitrogen and oxygen atoms in total. The van der Waals surface area contributed by atoms with Gasteiger partial charge in [0, 0.05) is 16.5 Å². The van der Waals surface area contributed by atoms with Crippen LogP contribution in [0.4, 0.5) is 0 Å². The number of thiophene rings is 1. The molecule has 0 fully saturated rings. The molecule has 0 saturated heterocycles. The first-order valence-electron chi connectivity index (χ1n) is 4.28. The van der Waals surface area contributed by atoms with E-state index in [1.807, 2.05) is 0 Å². The highest BCUT2D eigenvalue weighted by Gasteiger charge is 2.14. The van der Waals surface area contributed by atoms with Crippen LogP contribution in [0.15, 0.2) is 35.0 Å². The average Bonchev–Trinajstić information content (AvgIpc) is 2.67. The van der Waals surface area contributed by atoms with E-state index in [0.717, 1.165) is 0 Å². The highest BCUT2D eigenvalue weighted by molar-refractivity contribution is 7.08. The van der Waals surface area contributed by atoms with Gasteiger partial charge in [-0.1, -0.05) is 18.2 Å². The maximum Gasteiger partial charge on any atom is 0.337 e. The quantitative estimate of drug-likeness (QED) is 0.818. The maximum absolute atomic E-state index is 10.9. The topological polar surface area (TPSA) is 57.5 Å². The molecular formula is C11H8O3S. The van der Waals surface area contributed by atoms with Crippen molar-refractivity contribution in [3.8, 4) is 16.9 Å². The lowest BCUT2D eigenvalue weighted by Crippen LogP contribution is -1.95. The fraction of sp³-hybridized carbons (Fsp3) is 0. The van der Waals surface area contributed by atoms with Crippen molar-refractivity contribution in [1.82, 2.24) is 0 Å². The van der Waals surface area contributed by atoms with Crippen molar-refractivity contribution in [3.63, 3.8) is 0 Å². The Balaban J connectivity index is 2.59. The van der Waals surface area contributed by atoms with Crippen LogP contribution < -0.4 is 0 Å². The molecule has 4 heteroatoms. The molecule has 0 amide bonds. The lowest BCUT2D eigenvalue weighted by Gasteiger charge is -2.02. The van der Waals surface area contributed by atoms with Crippen molar-refractivity contribution in [2.45, 2.75) is 0 Å². The third-order valence-electron chi connectivity index (χ3n) is 2.09. The van der Waals surface area contributed by atoms with E-state index in [0.29, 0.717) is 11.1 Å². The van der Waals surface area contributed by atoms with Crippen LogP contribution in [0.5, 0.6) is 5.75 Å². The lowest BCUT2D eigenvalue weighted by molar-refractivity contribution is 0.0698. The van der Waals surface area contributed by atoms with Gasteiger partial charge in [0.25, 0.3) is 0 Å². The summed E-state index contributed by atoms with van der Waals surface area (Å²) in [5.74, 6) is -0.882. The molecule has 76 valence electrons. The molecule has 0 aliphatic rings. The van der Waals surface area contributed by atoms with Crippen LogP contribution in [-0.4, -0.2) is 16.2 Å². The molecule has 15 heavy (non-hydrogen) atoms. The first-order chi connectivity index (χ1) is 7.20. The summed E-state index contributed by atoms with van der Waals surface area (Å²) in [6.45, 7) is 0. The summed E-state index contributed by atoms with van der Waals surface area (Å²) < 4.78 is 0. The highest BCUT2D eigenvalue weighted by Crippen LogP contribution is 2.33. The van der Waals surface area contributed by atoms with E-state index in [1.165, 1.54) is 11.3 Å². The van der Waals surface area contributed by atoms with Crippen LogP contribution in [0.3, 0.4) is 0 Å². The van der Waals surface area contributed by atoms with E-state index >= 15 is 0 Å². The zero-order valence-electron chi connectivity index (χ0n) is 7.68. The van der Waals surface area contributed by atoms with Crippen molar-refractivity contribution in [3.05, 3.63) is 40.6 Å². The monoisotopic (exact) mass is 220 g/mol. The van der Waals surface area contributed by atoms with Gasteiger partial charge < -0.3 is 10.2 Å². The predicted octanol–water partition coefficient (Wildman–Crippen LogP) is 2.82. The number of aromatic carboxylic acids is 1. The first kappa shape index (κ1) is 9.73. The smallest absolute Gasteiger partial charge is 0.337 e. The predicted molar refractivity (Wildman–Crippen MR) is 58.4 cm³/mol. The van der Waals surface area contributed by atoms with Crippen molar-refractivity contribution >= 4 is 17.3 Å². The molecule has 2 N–H and O–H groups in total. The minimum atomic E-state index is -0.977. The lowest BCUT2D eigenvalue weighted by atomic mass is 10.0. The molecule has 0 unspecified atom stereocenters. The van der Waals surface area contributed by atoms with Gasteiger partial charge in [-0.25, -0.2) is 4.79 Å². The zero-order valence-corrected chi connectivity index (χ0v) is 8.49. The van der Waals surface area contributed by atoms with E-state index in [-0.39, 0.29) is 11.3 Å². The van der Waals surface area contributed by atoms with Gasteiger partial charge in [0.05, 0.1) is 5.56 Å². The van der Waals surface area contributed by atoms with Crippen LogP contribution in [0.1, 0.15) is 10.4 Å². The number of hydrogen-bond acceptors (Lipinski definition) is 3. The van der Waals surface area contributed by atoms with E-state index < -0.39 is 5.97 Å². The van der Waals surface area contributed by atoms with Crippen LogP contribution >= 0.6 is 11.3 Å². The summed E-state index contributed by atoms with van der Waals surface area (Å²) in [5, 5.41) is 21.8. The largest absolute Gasteiger partial charge is 0.507 e. The molecule has 1 heterocycles. The number of carboxylic acid groups (broad SMARTS) is 1. The average molecular weight is 220 g/mol. The fourth-order valence-electron chi connectivity index (χ4n) is 1.37. The van der Waals surface area contributed by atoms with Gasteiger partial charge in [-0.05, 0) is 11.4 Å². The van der Waals surface area contributed by atoms with Crippen LogP contribution in [0, 0.1) is 0 Å². The summed E-state index contributed by atoms with van der Waals surface area (Å²) in [4.78, 5) is 10.9. The Hall–Kier alpha value is -1.81. The summed E-state index contributed by atoms with van der Waals surface area (Å²) in [6.07, 6.45) is 0. The zero-order chi connectivity index (χ0) is 10.8. The molecule has 0 spiro atoms. The molecular weight excluding hydrogens is 212 g/mol. The highest BCUT2D eigenvalue weighted by atomic mass is 32.1. The van der Waals surface area contributed by atoms with Gasteiger partial charge in [-0.2, -0.15) is 11.3 Å². The standard InChI is InChI=1S/C11H8O3S/c12-10-4-2-1-3-7(10)8-5-15-6-9(8)11(13)14/h1-6,12H,(H,13,14). The molecule has 0 atom stereocenters. The minimum absolute atomic E-state index is 0.0957. The second kappa shape index (κ2) is 3.74. The number of benzene rings is 1. The molecule has 0 saturated carbocycles. The van der Waals surface area contributed by atoms with Gasteiger partial charge in [0.2, 0.25) is 0 Å². The Morgan fingerprint density at radius 2 is 1.87 bits per heavy atom. The van der Waals surface area contributed by atoms with Gasteiger partial charge >= 0.3 is 5.97 Å². The van der Waals surface area contributed by atoms with E-state index in [4.69, 9.17) is 5.11 Å². The van der Waals surface area contributed by atoms with Crippen LogP contribution in [0.25, 0.3) is 11.1 Å². The Bertz CT molecular complexity index is 502. The molecule has 2 aromatic rings. The minimum Gasteiger partial charge on any atom is -0.507 e. The molecule has 0 aliphatic heterocycles. The van der Waals surface area contributed by atoms with Gasteiger partial charge in [0.15, 0.2) is 0 Å². The van der Waals surface area contributed by atoms with Crippen LogP contribution in [0.2, 0.25) is 0 Å².